The molecular formula is C16H24N2OS. The van der Waals surface area contributed by atoms with E-state index < -0.39 is 0 Å². The molecule has 1 aromatic carbocycles. The van der Waals surface area contributed by atoms with Crippen molar-refractivity contribution in [3.05, 3.63) is 23.8 Å². The average molecular weight is 292 g/mol. The minimum atomic E-state index is 0.102. The van der Waals surface area contributed by atoms with Gasteiger partial charge in [0, 0.05) is 4.90 Å². The molecule has 1 saturated carbocycles. The molecule has 2 rings (SSSR count). The van der Waals surface area contributed by atoms with Gasteiger partial charge in [-0.15, -0.1) is 11.8 Å². The monoisotopic (exact) mass is 292 g/mol. The van der Waals surface area contributed by atoms with Crippen LogP contribution in [0.5, 0.6) is 5.75 Å². The summed E-state index contributed by atoms with van der Waals surface area (Å²) in [6.45, 7) is 2.10. The Hall–Kier alpha value is -1.16. The van der Waals surface area contributed by atoms with Crippen molar-refractivity contribution < 1.29 is 4.74 Å². The van der Waals surface area contributed by atoms with E-state index in [-0.39, 0.29) is 11.9 Å². The van der Waals surface area contributed by atoms with Crippen LogP contribution in [0.4, 0.5) is 0 Å². The Labute approximate surface area is 125 Å². The highest BCUT2D eigenvalue weighted by molar-refractivity contribution is 7.99. The first kappa shape index (κ1) is 15.2. The number of rotatable bonds is 5. The number of nitrogens with one attached hydrogen (secondary N) is 1. The number of amidine groups is 1. The maximum atomic E-state index is 7.84. The van der Waals surface area contributed by atoms with Gasteiger partial charge in [-0.3, -0.25) is 5.41 Å². The number of hydrogen-bond acceptors (Lipinski definition) is 3. The van der Waals surface area contributed by atoms with Crippen molar-refractivity contribution in [1.82, 2.24) is 0 Å². The van der Waals surface area contributed by atoms with Gasteiger partial charge in [-0.05, 0) is 43.6 Å². The first-order valence-electron chi connectivity index (χ1n) is 7.49. The maximum absolute atomic E-state index is 7.84. The van der Waals surface area contributed by atoms with E-state index in [0.29, 0.717) is 0 Å². The van der Waals surface area contributed by atoms with Crippen molar-refractivity contribution >= 4 is 17.6 Å². The summed E-state index contributed by atoms with van der Waals surface area (Å²) in [5.41, 5.74) is 6.54. The normalized spacial score (nSPS) is 16.6. The second-order valence-electron chi connectivity index (χ2n) is 5.21. The SMILES string of the molecule is CCSc1cccc(OC2CCCCCC2)c1C(=N)N. The van der Waals surface area contributed by atoms with E-state index >= 15 is 0 Å². The van der Waals surface area contributed by atoms with E-state index in [1.165, 1.54) is 25.7 Å². The van der Waals surface area contributed by atoms with Crippen LogP contribution in [0.1, 0.15) is 51.0 Å². The summed E-state index contributed by atoms with van der Waals surface area (Å²) in [4.78, 5) is 1.05. The minimum absolute atomic E-state index is 0.102. The van der Waals surface area contributed by atoms with Crippen molar-refractivity contribution in [1.29, 1.82) is 5.41 Å². The van der Waals surface area contributed by atoms with Crippen LogP contribution in [-0.4, -0.2) is 17.7 Å². The Morgan fingerprint density at radius 3 is 2.60 bits per heavy atom. The molecule has 20 heavy (non-hydrogen) atoms. The topological polar surface area (TPSA) is 59.1 Å². The van der Waals surface area contributed by atoms with Gasteiger partial charge in [-0.1, -0.05) is 25.8 Å². The molecule has 0 radical (unpaired) electrons. The van der Waals surface area contributed by atoms with Gasteiger partial charge < -0.3 is 10.5 Å². The largest absolute Gasteiger partial charge is 0.490 e. The number of benzene rings is 1. The van der Waals surface area contributed by atoms with Crippen molar-refractivity contribution in [3.63, 3.8) is 0 Å². The van der Waals surface area contributed by atoms with Crippen molar-refractivity contribution in [2.75, 3.05) is 5.75 Å². The molecule has 0 amide bonds. The fourth-order valence-corrected chi connectivity index (χ4v) is 3.53. The standard InChI is InChI=1S/C16H24N2OS/c1-2-20-14-11-7-10-13(15(14)16(17)18)19-12-8-5-3-4-6-9-12/h7,10-12H,2-6,8-9H2,1H3,(H3,17,18). The molecule has 0 aromatic heterocycles. The van der Waals surface area contributed by atoms with Gasteiger partial charge >= 0.3 is 0 Å². The number of nitrogen functional groups attached to an aromatic ring is 1. The lowest BCUT2D eigenvalue weighted by molar-refractivity contribution is 0.183. The molecule has 4 heteroatoms. The number of nitrogens with two attached hydrogens (primary N) is 1. The fraction of sp³-hybridized carbons (Fsp3) is 0.562. The first-order valence-corrected chi connectivity index (χ1v) is 8.47. The smallest absolute Gasteiger partial charge is 0.131 e. The van der Waals surface area contributed by atoms with Crippen LogP contribution in [-0.2, 0) is 0 Å². The summed E-state index contributed by atoms with van der Waals surface area (Å²) in [5.74, 6) is 1.85. The third-order valence-electron chi connectivity index (χ3n) is 3.65. The highest BCUT2D eigenvalue weighted by Crippen LogP contribution is 2.32. The Bertz CT molecular complexity index is 454. The molecule has 1 aliphatic carbocycles. The van der Waals surface area contributed by atoms with Crippen LogP contribution in [0.2, 0.25) is 0 Å². The van der Waals surface area contributed by atoms with Gasteiger partial charge in [0.2, 0.25) is 0 Å². The molecule has 110 valence electrons. The van der Waals surface area contributed by atoms with Gasteiger partial charge in [0.1, 0.15) is 11.6 Å². The van der Waals surface area contributed by atoms with Crippen molar-refractivity contribution in [2.45, 2.75) is 56.4 Å². The minimum Gasteiger partial charge on any atom is -0.490 e. The lowest BCUT2D eigenvalue weighted by Gasteiger charge is -2.20. The van der Waals surface area contributed by atoms with E-state index in [0.717, 1.165) is 34.8 Å². The zero-order valence-electron chi connectivity index (χ0n) is 12.2. The van der Waals surface area contributed by atoms with Crippen LogP contribution in [0.25, 0.3) is 0 Å². The molecular weight excluding hydrogens is 268 g/mol. The van der Waals surface area contributed by atoms with Gasteiger partial charge in [0.05, 0.1) is 11.7 Å². The second kappa shape index (κ2) is 7.58. The van der Waals surface area contributed by atoms with Crippen molar-refractivity contribution in [2.24, 2.45) is 5.73 Å². The molecule has 0 unspecified atom stereocenters. The summed E-state index contributed by atoms with van der Waals surface area (Å²) in [5, 5.41) is 7.84. The third kappa shape index (κ3) is 3.92. The highest BCUT2D eigenvalue weighted by atomic mass is 32.2. The summed E-state index contributed by atoms with van der Waals surface area (Å²) >= 11 is 1.71. The maximum Gasteiger partial charge on any atom is 0.131 e. The van der Waals surface area contributed by atoms with Crippen LogP contribution in [0, 0.1) is 5.41 Å². The predicted molar refractivity (Wildman–Crippen MR) is 86.0 cm³/mol. The van der Waals surface area contributed by atoms with E-state index in [9.17, 15) is 0 Å². The molecule has 0 bridgehead atoms. The molecule has 0 aliphatic heterocycles. The molecule has 0 saturated heterocycles. The number of thioether (sulfide) groups is 1. The van der Waals surface area contributed by atoms with Crippen LogP contribution >= 0.6 is 11.8 Å². The molecule has 0 atom stereocenters. The second-order valence-corrected chi connectivity index (χ2v) is 6.51. The Kier molecular flexibility index (Phi) is 5.77. The average Bonchev–Trinajstić information content (AvgIpc) is 2.67. The number of hydrogen-bond donors (Lipinski definition) is 2. The van der Waals surface area contributed by atoms with E-state index in [1.54, 1.807) is 11.8 Å². The van der Waals surface area contributed by atoms with E-state index in [4.69, 9.17) is 15.9 Å². The summed E-state index contributed by atoms with van der Waals surface area (Å²) in [6, 6.07) is 5.96. The van der Waals surface area contributed by atoms with Crippen LogP contribution < -0.4 is 10.5 Å². The Morgan fingerprint density at radius 1 is 1.30 bits per heavy atom. The highest BCUT2D eigenvalue weighted by Gasteiger charge is 2.18. The Morgan fingerprint density at radius 2 is 2.00 bits per heavy atom. The summed E-state index contributed by atoms with van der Waals surface area (Å²) in [7, 11) is 0. The Balaban J connectivity index is 2.21. The summed E-state index contributed by atoms with van der Waals surface area (Å²) in [6.07, 6.45) is 7.60. The van der Waals surface area contributed by atoms with E-state index in [1.807, 2.05) is 18.2 Å². The number of ether oxygens (including phenoxy) is 1. The van der Waals surface area contributed by atoms with E-state index in [2.05, 4.69) is 6.92 Å². The fourth-order valence-electron chi connectivity index (χ4n) is 2.69. The lowest BCUT2D eigenvalue weighted by atomic mass is 10.1. The lowest BCUT2D eigenvalue weighted by Crippen LogP contribution is -2.20. The molecule has 0 spiro atoms. The molecule has 1 fully saturated rings. The zero-order valence-corrected chi connectivity index (χ0v) is 13.0. The molecule has 0 heterocycles. The predicted octanol–water partition coefficient (Wildman–Crippen LogP) is 4.18. The zero-order chi connectivity index (χ0) is 14.4. The first-order chi connectivity index (χ1) is 9.72. The molecule has 3 N–H and O–H groups in total. The quantitative estimate of drug-likeness (QED) is 0.370. The molecule has 1 aromatic rings. The van der Waals surface area contributed by atoms with Crippen molar-refractivity contribution in [3.8, 4) is 5.75 Å². The molecule has 3 nitrogen and oxygen atoms in total. The van der Waals surface area contributed by atoms with Gasteiger partial charge in [0.15, 0.2) is 0 Å². The summed E-state index contributed by atoms with van der Waals surface area (Å²) < 4.78 is 6.18. The molecule has 1 aliphatic rings. The van der Waals surface area contributed by atoms with Gasteiger partial charge in [-0.2, -0.15) is 0 Å². The van der Waals surface area contributed by atoms with Gasteiger partial charge in [0.25, 0.3) is 0 Å². The van der Waals surface area contributed by atoms with Gasteiger partial charge in [-0.25, -0.2) is 0 Å². The third-order valence-corrected chi connectivity index (χ3v) is 4.59. The van der Waals surface area contributed by atoms with Crippen LogP contribution in [0.15, 0.2) is 23.1 Å². The van der Waals surface area contributed by atoms with Crippen LogP contribution in [0.3, 0.4) is 0 Å².